The summed E-state index contributed by atoms with van der Waals surface area (Å²) in [6.07, 6.45) is -3.33. The second kappa shape index (κ2) is 5.68. The molecular weight excluding hydrogens is 309 g/mol. The number of carbonyl (C=O) groups excluding carboxylic acids is 1. The molecular formula is C15H15F3N4O. The van der Waals surface area contributed by atoms with E-state index < -0.39 is 18.0 Å². The fourth-order valence-electron chi connectivity index (χ4n) is 2.74. The highest BCUT2D eigenvalue weighted by atomic mass is 19.4. The molecule has 0 saturated carbocycles. The minimum Gasteiger partial charge on any atom is -0.346 e. The average molecular weight is 324 g/mol. The molecule has 0 spiro atoms. The number of benzene rings is 1. The smallest absolute Gasteiger partial charge is 0.346 e. The molecule has 2 aromatic rings. The van der Waals surface area contributed by atoms with Gasteiger partial charge in [-0.05, 0) is 30.9 Å². The molecule has 1 unspecified atom stereocenters. The van der Waals surface area contributed by atoms with Crippen LogP contribution in [0.2, 0.25) is 0 Å². The third-order valence-electron chi connectivity index (χ3n) is 3.95. The van der Waals surface area contributed by atoms with Gasteiger partial charge in [0.15, 0.2) is 0 Å². The van der Waals surface area contributed by atoms with Gasteiger partial charge in [0.1, 0.15) is 5.82 Å². The largest absolute Gasteiger partial charge is 0.453 e. The number of alkyl halides is 3. The Morgan fingerprint density at radius 1 is 1.30 bits per heavy atom. The summed E-state index contributed by atoms with van der Waals surface area (Å²) in [6.45, 7) is 1.57. The average Bonchev–Trinajstić information content (AvgIpc) is 3.13. The Labute approximate surface area is 130 Å². The van der Waals surface area contributed by atoms with Crippen LogP contribution in [0.1, 0.15) is 35.7 Å². The predicted molar refractivity (Wildman–Crippen MR) is 75.3 cm³/mol. The fraction of sp³-hybridized carbons (Fsp3) is 0.400. The molecule has 1 aromatic carbocycles. The van der Waals surface area contributed by atoms with Crippen molar-refractivity contribution < 1.29 is 18.0 Å². The monoisotopic (exact) mass is 324 g/mol. The van der Waals surface area contributed by atoms with Crippen LogP contribution in [0, 0.1) is 5.92 Å². The summed E-state index contributed by atoms with van der Waals surface area (Å²) in [4.78, 5) is 15.7. The summed E-state index contributed by atoms with van der Waals surface area (Å²) >= 11 is 0. The first-order chi connectivity index (χ1) is 10.8. The van der Waals surface area contributed by atoms with E-state index in [2.05, 4.69) is 20.5 Å². The van der Waals surface area contributed by atoms with Gasteiger partial charge in [0.25, 0.3) is 5.82 Å². The predicted octanol–water partition coefficient (Wildman–Crippen LogP) is 2.42. The van der Waals surface area contributed by atoms with Crippen molar-refractivity contribution in [1.29, 1.82) is 0 Å². The first kappa shape index (κ1) is 15.5. The number of hydrogen-bond acceptors (Lipinski definition) is 3. The number of carbonyl (C=O) groups is 1. The van der Waals surface area contributed by atoms with Crippen molar-refractivity contribution >= 4 is 5.91 Å². The highest BCUT2D eigenvalue weighted by molar-refractivity contribution is 5.80. The number of halogens is 3. The van der Waals surface area contributed by atoms with Crippen LogP contribution in [0.15, 0.2) is 24.3 Å². The molecule has 1 aromatic heterocycles. The second-order valence-corrected chi connectivity index (χ2v) is 5.65. The fourth-order valence-corrected chi connectivity index (χ4v) is 2.74. The molecule has 1 amide bonds. The van der Waals surface area contributed by atoms with Crippen molar-refractivity contribution in [2.45, 2.75) is 32.0 Å². The Hall–Kier alpha value is -2.38. The third-order valence-corrected chi connectivity index (χ3v) is 3.95. The Kier molecular flexibility index (Phi) is 3.83. The van der Waals surface area contributed by atoms with E-state index >= 15 is 0 Å². The van der Waals surface area contributed by atoms with Crippen LogP contribution < -0.4 is 5.32 Å². The molecule has 8 heteroatoms. The molecule has 5 nitrogen and oxygen atoms in total. The lowest BCUT2D eigenvalue weighted by Gasteiger charge is -2.14. The minimum absolute atomic E-state index is 0.0128. The third kappa shape index (κ3) is 3.20. The molecule has 0 radical (unpaired) electrons. The SMILES string of the molecule is CC(NC(=O)C1Cc2ccccc2C1)c1nc(C(F)(F)F)n[nH]1. The lowest BCUT2D eigenvalue weighted by molar-refractivity contribution is -0.144. The number of amides is 1. The van der Waals surface area contributed by atoms with E-state index in [1.807, 2.05) is 24.3 Å². The van der Waals surface area contributed by atoms with Crippen LogP contribution in [0.4, 0.5) is 13.2 Å². The molecule has 0 bridgehead atoms. The summed E-state index contributed by atoms with van der Waals surface area (Å²) < 4.78 is 37.5. The number of nitrogens with one attached hydrogen (secondary N) is 2. The molecule has 3 rings (SSSR count). The minimum atomic E-state index is -4.61. The van der Waals surface area contributed by atoms with E-state index in [0.717, 1.165) is 11.1 Å². The number of rotatable bonds is 3. The summed E-state index contributed by atoms with van der Waals surface area (Å²) in [5, 5.41) is 8.06. The highest BCUT2D eigenvalue weighted by Gasteiger charge is 2.37. The van der Waals surface area contributed by atoms with E-state index in [-0.39, 0.29) is 17.6 Å². The van der Waals surface area contributed by atoms with Gasteiger partial charge in [-0.1, -0.05) is 24.3 Å². The summed E-state index contributed by atoms with van der Waals surface area (Å²) in [5.74, 6) is -1.65. The zero-order valence-electron chi connectivity index (χ0n) is 12.3. The van der Waals surface area contributed by atoms with Crippen LogP contribution >= 0.6 is 0 Å². The van der Waals surface area contributed by atoms with E-state index in [1.54, 1.807) is 6.92 Å². The van der Waals surface area contributed by atoms with Crippen LogP contribution in [0.5, 0.6) is 0 Å². The van der Waals surface area contributed by atoms with Gasteiger partial charge >= 0.3 is 6.18 Å². The molecule has 0 saturated heterocycles. The van der Waals surface area contributed by atoms with Gasteiger partial charge in [0.2, 0.25) is 5.91 Å². The number of aromatic amines is 1. The van der Waals surface area contributed by atoms with Gasteiger partial charge in [0.05, 0.1) is 6.04 Å². The maximum Gasteiger partial charge on any atom is 0.453 e. The van der Waals surface area contributed by atoms with Crippen molar-refractivity contribution in [3.05, 3.63) is 47.0 Å². The normalized spacial score (nSPS) is 16.2. The first-order valence-electron chi connectivity index (χ1n) is 7.21. The lowest BCUT2D eigenvalue weighted by Crippen LogP contribution is -2.33. The Balaban J connectivity index is 1.63. The topological polar surface area (TPSA) is 70.7 Å². The highest BCUT2D eigenvalue weighted by Crippen LogP contribution is 2.28. The molecule has 1 aliphatic carbocycles. The summed E-state index contributed by atoms with van der Waals surface area (Å²) in [6, 6.07) is 7.15. The van der Waals surface area contributed by atoms with E-state index in [1.165, 1.54) is 0 Å². The molecule has 1 aliphatic rings. The maximum atomic E-state index is 12.5. The van der Waals surface area contributed by atoms with E-state index in [9.17, 15) is 18.0 Å². The molecule has 1 heterocycles. The number of hydrogen-bond donors (Lipinski definition) is 2. The lowest BCUT2D eigenvalue weighted by atomic mass is 10.1. The quantitative estimate of drug-likeness (QED) is 0.911. The molecule has 1 atom stereocenters. The number of nitrogens with zero attached hydrogens (tertiary/aromatic N) is 2. The van der Waals surface area contributed by atoms with Crippen molar-refractivity contribution in [3.8, 4) is 0 Å². The zero-order chi connectivity index (χ0) is 16.6. The van der Waals surface area contributed by atoms with Crippen molar-refractivity contribution in [2.75, 3.05) is 0 Å². The zero-order valence-corrected chi connectivity index (χ0v) is 12.3. The number of H-pyrrole nitrogens is 1. The van der Waals surface area contributed by atoms with Gasteiger partial charge in [-0.15, -0.1) is 5.10 Å². The van der Waals surface area contributed by atoms with Crippen LogP contribution in [0.25, 0.3) is 0 Å². The molecule has 0 aliphatic heterocycles. The molecule has 122 valence electrons. The summed E-state index contributed by atoms with van der Waals surface area (Å²) in [5.41, 5.74) is 2.28. The maximum absolute atomic E-state index is 12.5. The number of fused-ring (bicyclic) bond motifs is 1. The summed E-state index contributed by atoms with van der Waals surface area (Å²) in [7, 11) is 0. The van der Waals surface area contributed by atoms with Crippen molar-refractivity contribution in [3.63, 3.8) is 0 Å². The van der Waals surface area contributed by atoms with E-state index in [4.69, 9.17) is 0 Å². The first-order valence-corrected chi connectivity index (χ1v) is 7.21. The standard InChI is InChI=1S/C15H15F3N4O/c1-8(12-20-14(22-21-12)15(16,17)18)19-13(23)11-6-9-4-2-3-5-10(9)7-11/h2-5,8,11H,6-7H2,1H3,(H,19,23)(H,20,21,22). The van der Waals surface area contributed by atoms with Crippen LogP contribution in [-0.2, 0) is 23.8 Å². The Morgan fingerprint density at radius 2 is 1.91 bits per heavy atom. The number of aromatic nitrogens is 3. The van der Waals surface area contributed by atoms with Gasteiger partial charge < -0.3 is 5.32 Å². The van der Waals surface area contributed by atoms with Gasteiger partial charge in [-0.2, -0.15) is 13.2 Å². The van der Waals surface area contributed by atoms with E-state index in [0.29, 0.717) is 12.8 Å². The van der Waals surface area contributed by atoms with Crippen LogP contribution in [-0.4, -0.2) is 21.1 Å². The van der Waals surface area contributed by atoms with Gasteiger partial charge in [-0.3, -0.25) is 9.89 Å². The second-order valence-electron chi connectivity index (χ2n) is 5.65. The molecule has 23 heavy (non-hydrogen) atoms. The van der Waals surface area contributed by atoms with Gasteiger partial charge in [0, 0.05) is 5.92 Å². The molecule has 0 fully saturated rings. The Bertz CT molecular complexity index is 701. The molecule has 2 N–H and O–H groups in total. The Morgan fingerprint density at radius 3 is 2.43 bits per heavy atom. The van der Waals surface area contributed by atoms with Crippen molar-refractivity contribution in [2.24, 2.45) is 5.92 Å². The van der Waals surface area contributed by atoms with Crippen LogP contribution in [0.3, 0.4) is 0 Å². The van der Waals surface area contributed by atoms with Gasteiger partial charge in [-0.25, -0.2) is 4.98 Å². The van der Waals surface area contributed by atoms with Crippen molar-refractivity contribution in [1.82, 2.24) is 20.5 Å².